The van der Waals surface area contributed by atoms with E-state index in [2.05, 4.69) is 86.6 Å². The molecule has 0 spiro atoms. The van der Waals surface area contributed by atoms with Crippen molar-refractivity contribution in [3.8, 4) is 0 Å². The van der Waals surface area contributed by atoms with Crippen molar-refractivity contribution in [1.82, 2.24) is 0 Å². The molecule has 21 heavy (non-hydrogen) atoms. The predicted molar refractivity (Wildman–Crippen MR) is 96.0 cm³/mol. The lowest BCUT2D eigenvalue weighted by Gasteiger charge is -2.34. The van der Waals surface area contributed by atoms with Gasteiger partial charge in [0.15, 0.2) is 0 Å². The van der Waals surface area contributed by atoms with E-state index in [0.717, 1.165) is 5.92 Å². The molecule has 0 N–H and O–H groups in total. The molecular formula is C21H36. The summed E-state index contributed by atoms with van der Waals surface area (Å²) in [5.74, 6) is 0.733. The van der Waals surface area contributed by atoms with Gasteiger partial charge in [-0.1, -0.05) is 86.6 Å². The number of benzene rings is 1. The topological polar surface area (TPSA) is 0 Å². The average Bonchev–Trinajstić information content (AvgIpc) is 2.24. The third-order valence-corrected chi connectivity index (χ3v) is 4.34. The Bertz CT molecular complexity index is 438. The zero-order chi connectivity index (χ0) is 16.5. The molecular weight excluding hydrogens is 252 g/mol. The second-order valence-corrected chi connectivity index (χ2v) is 9.68. The fourth-order valence-corrected chi connectivity index (χ4v) is 3.94. The summed E-state index contributed by atoms with van der Waals surface area (Å²) < 4.78 is 0. The van der Waals surface area contributed by atoms with Gasteiger partial charge in [0, 0.05) is 0 Å². The van der Waals surface area contributed by atoms with E-state index in [0.29, 0.717) is 5.41 Å². The minimum Gasteiger partial charge on any atom is -0.0627 e. The second-order valence-electron chi connectivity index (χ2n) is 9.68. The zero-order valence-electron chi connectivity index (χ0n) is 15.8. The third-order valence-electron chi connectivity index (χ3n) is 4.34. The number of rotatable bonds is 5. The van der Waals surface area contributed by atoms with Crippen LogP contribution in [0.5, 0.6) is 0 Å². The smallest absolute Gasteiger partial charge is 0.00986 e. The quantitative estimate of drug-likeness (QED) is 0.564. The van der Waals surface area contributed by atoms with E-state index in [-0.39, 0.29) is 10.8 Å². The van der Waals surface area contributed by atoms with Gasteiger partial charge < -0.3 is 0 Å². The first-order valence-corrected chi connectivity index (χ1v) is 8.44. The lowest BCUT2D eigenvalue weighted by atomic mass is 9.71. The highest BCUT2D eigenvalue weighted by molar-refractivity contribution is 5.32. The number of hydrogen-bond acceptors (Lipinski definition) is 0. The van der Waals surface area contributed by atoms with Crippen molar-refractivity contribution in [2.75, 3.05) is 0 Å². The molecule has 0 nitrogen and oxygen atoms in total. The minimum absolute atomic E-state index is 0.235. The van der Waals surface area contributed by atoms with E-state index in [1.165, 1.54) is 24.0 Å². The Kier molecular flexibility index (Phi) is 5.35. The van der Waals surface area contributed by atoms with Crippen molar-refractivity contribution in [3.63, 3.8) is 0 Å². The summed E-state index contributed by atoms with van der Waals surface area (Å²) in [5.41, 5.74) is 3.78. The fraction of sp³-hybridized carbons (Fsp3) is 0.714. The van der Waals surface area contributed by atoms with Gasteiger partial charge in [0.25, 0.3) is 0 Å². The van der Waals surface area contributed by atoms with Crippen LogP contribution in [-0.2, 0) is 10.8 Å². The molecule has 0 radical (unpaired) electrons. The van der Waals surface area contributed by atoms with Crippen LogP contribution in [0, 0.1) is 11.3 Å². The van der Waals surface area contributed by atoms with Gasteiger partial charge in [-0.25, -0.2) is 0 Å². The summed E-state index contributed by atoms with van der Waals surface area (Å²) in [6, 6.07) is 9.40. The van der Waals surface area contributed by atoms with E-state index in [9.17, 15) is 0 Å². The highest BCUT2D eigenvalue weighted by atomic mass is 14.3. The molecule has 0 saturated heterocycles. The van der Waals surface area contributed by atoms with Crippen molar-refractivity contribution in [3.05, 3.63) is 35.4 Å². The molecule has 0 heteroatoms. The lowest BCUT2D eigenvalue weighted by Crippen LogP contribution is -2.25. The highest BCUT2D eigenvalue weighted by Gasteiger charge is 2.28. The van der Waals surface area contributed by atoms with Crippen LogP contribution in [0.15, 0.2) is 24.3 Å². The van der Waals surface area contributed by atoms with Crippen molar-refractivity contribution >= 4 is 0 Å². The first-order chi connectivity index (χ1) is 9.33. The Morgan fingerprint density at radius 2 is 1.10 bits per heavy atom. The standard InChI is InChI=1S/C21H36/c1-16(2)14-20(6,7)17-10-12-18(13-11-17)21(8,9)15-19(3,4)5/h10-13,16H,14-15H2,1-9H3. The summed E-state index contributed by atoms with van der Waals surface area (Å²) in [7, 11) is 0. The Morgan fingerprint density at radius 3 is 1.43 bits per heavy atom. The summed E-state index contributed by atoms with van der Waals surface area (Å²) in [6.07, 6.45) is 2.44. The van der Waals surface area contributed by atoms with Crippen LogP contribution in [-0.4, -0.2) is 0 Å². The molecule has 0 saturated carbocycles. The van der Waals surface area contributed by atoms with Crippen molar-refractivity contribution in [2.45, 2.75) is 86.0 Å². The van der Waals surface area contributed by atoms with Gasteiger partial charge in [0.2, 0.25) is 0 Å². The van der Waals surface area contributed by atoms with Crippen LogP contribution in [0.3, 0.4) is 0 Å². The number of hydrogen-bond donors (Lipinski definition) is 0. The molecule has 120 valence electrons. The van der Waals surface area contributed by atoms with E-state index in [4.69, 9.17) is 0 Å². The molecule has 0 amide bonds. The van der Waals surface area contributed by atoms with Gasteiger partial charge in [-0.15, -0.1) is 0 Å². The summed E-state index contributed by atoms with van der Waals surface area (Å²) in [6.45, 7) is 21.1. The van der Waals surface area contributed by atoms with Gasteiger partial charge in [0.1, 0.15) is 0 Å². The van der Waals surface area contributed by atoms with E-state index >= 15 is 0 Å². The molecule has 0 aromatic heterocycles. The summed E-state index contributed by atoms with van der Waals surface area (Å²) in [5, 5.41) is 0. The highest BCUT2D eigenvalue weighted by Crippen LogP contribution is 2.37. The van der Waals surface area contributed by atoms with Gasteiger partial charge in [-0.2, -0.15) is 0 Å². The average molecular weight is 289 g/mol. The van der Waals surface area contributed by atoms with Gasteiger partial charge in [-0.05, 0) is 46.1 Å². The first-order valence-electron chi connectivity index (χ1n) is 8.44. The van der Waals surface area contributed by atoms with Gasteiger partial charge in [0.05, 0.1) is 0 Å². The maximum atomic E-state index is 2.37. The molecule has 0 bridgehead atoms. The molecule has 1 rings (SSSR count). The Balaban J connectivity index is 2.97. The summed E-state index contributed by atoms with van der Waals surface area (Å²) in [4.78, 5) is 0. The Labute approximate surface area is 133 Å². The minimum atomic E-state index is 0.235. The molecule has 0 aliphatic rings. The van der Waals surface area contributed by atoms with E-state index in [1.54, 1.807) is 0 Å². The van der Waals surface area contributed by atoms with E-state index in [1.807, 2.05) is 0 Å². The fourth-order valence-electron chi connectivity index (χ4n) is 3.94. The van der Waals surface area contributed by atoms with Crippen molar-refractivity contribution in [2.24, 2.45) is 11.3 Å². The predicted octanol–water partition coefficient (Wildman–Crippen LogP) is 6.72. The normalized spacial score (nSPS) is 13.8. The van der Waals surface area contributed by atoms with Crippen LogP contribution >= 0.6 is 0 Å². The van der Waals surface area contributed by atoms with Gasteiger partial charge >= 0.3 is 0 Å². The summed E-state index contributed by atoms with van der Waals surface area (Å²) >= 11 is 0. The van der Waals surface area contributed by atoms with Crippen LogP contribution in [0.25, 0.3) is 0 Å². The van der Waals surface area contributed by atoms with Crippen molar-refractivity contribution < 1.29 is 0 Å². The van der Waals surface area contributed by atoms with Crippen LogP contribution in [0.1, 0.15) is 86.3 Å². The van der Waals surface area contributed by atoms with Crippen LogP contribution in [0.2, 0.25) is 0 Å². The molecule has 0 atom stereocenters. The van der Waals surface area contributed by atoms with Gasteiger partial charge in [-0.3, -0.25) is 0 Å². The molecule has 0 aliphatic heterocycles. The molecule has 1 aromatic carbocycles. The second kappa shape index (κ2) is 6.15. The van der Waals surface area contributed by atoms with E-state index < -0.39 is 0 Å². The monoisotopic (exact) mass is 288 g/mol. The Morgan fingerprint density at radius 1 is 0.714 bits per heavy atom. The van der Waals surface area contributed by atoms with Crippen molar-refractivity contribution in [1.29, 1.82) is 0 Å². The first kappa shape index (κ1) is 18.3. The maximum Gasteiger partial charge on any atom is -0.00986 e. The maximum absolute atomic E-state index is 2.37. The molecule has 0 aliphatic carbocycles. The van der Waals surface area contributed by atoms with Crippen LogP contribution in [0.4, 0.5) is 0 Å². The zero-order valence-corrected chi connectivity index (χ0v) is 15.8. The molecule has 0 heterocycles. The lowest BCUT2D eigenvalue weighted by molar-refractivity contribution is 0.284. The SMILES string of the molecule is CC(C)CC(C)(C)c1ccc(C(C)(C)CC(C)(C)C)cc1. The molecule has 1 aromatic rings. The van der Waals surface area contributed by atoms with Crippen LogP contribution < -0.4 is 0 Å². The third kappa shape index (κ3) is 5.49. The largest absolute Gasteiger partial charge is 0.0627 e. The molecule has 0 fully saturated rings. The molecule has 0 unspecified atom stereocenters. The Hall–Kier alpha value is -0.780.